The molecule has 0 bridgehead atoms. The Balaban J connectivity index is 1.55. The third-order valence-electron chi connectivity index (χ3n) is 4.19. The molecule has 4 rings (SSSR count). The average Bonchev–Trinajstić information content (AvgIpc) is 3.29. The topological polar surface area (TPSA) is 64.6 Å². The van der Waals surface area contributed by atoms with Crippen molar-refractivity contribution in [2.75, 3.05) is 13.2 Å². The number of hydrogen-bond donors (Lipinski definition) is 0. The number of ether oxygens (including phenoxy) is 2. The molecule has 3 aromatic rings. The Morgan fingerprint density at radius 2 is 2.11 bits per heavy atom. The number of nitrogens with zero attached hydrogens (tertiary/aromatic N) is 3. The van der Waals surface area contributed by atoms with Gasteiger partial charge in [-0.1, -0.05) is 12.1 Å². The number of aromatic nitrogens is 2. The molecule has 0 saturated carbocycles. The highest BCUT2D eigenvalue weighted by molar-refractivity contribution is 7.13. The van der Waals surface area contributed by atoms with Gasteiger partial charge in [0.25, 0.3) is 5.91 Å². The lowest BCUT2D eigenvalue weighted by molar-refractivity contribution is 0.0446. The fourth-order valence-corrected chi connectivity index (χ4v) is 4.50. The molecule has 3 heterocycles. The summed E-state index contributed by atoms with van der Waals surface area (Å²) in [6.07, 6.45) is 1.51. The number of benzene rings is 1. The van der Waals surface area contributed by atoms with E-state index in [0.29, 0.717) is 30.3 Å². The monoisotopic (exact) mass is 401 g/mol. The van der Waals surface area contributed by atoms with E-state index in [1.807, 2.05) is 43.5 Å². The lowest BCUT2D eigenvalue weighted by atomic mass is 10.2. The predicted octanol–water partition coefficient (Wildman–Crippen LogP) is 3.70. The largest absolute Gasteiger partial charge is 0.486 e. The van der Waals surface area contributed by atoms with E-state index in [2.05, 4.69) is 9.97 Å². The van der Waals surface area contributed by atoms with Gasteiger partial charge in [-0.15, -0.1) is 22.7 Å². The first kappa shape index (κ1) is 17.9. The Morgan fingerprint density at radius 3 is 2.81 bits per heavy atom. The highest BCUT2D eigenvalue weighted by atomic mass is 32.1. The van der Waals surface area contributed by atoms with Crippen LogP contribution >= 0.6 is 22.7 Å². The van der Waals surface area contributed by atoms with Crippen molar-refractivity contribution >= 4 is 28.6 Å². The predicted molar refractivity (Wildman–Crippen MR) is 105 cm³/mol. The molecule has 1 aliphatic heterocycles. The van der Waals surface area contributed by atoms with E-state index in [1.165, 1.54) is 22.7 Å². The lowest BCUT2D eigenvalue weighted by Crippen LogP contribution is -2.43. The number of fused-ring (bicyclic) bond motifs is 1. The fraction of sp³-hybridized carbons (Fsp3) is 0.316. The Morgan fingerprint density at radius 1 is 1.30 bits per heavy atom. The van der Waals surface area contributed by atoms with E-state index in [1.54, 1.807) is 11.1 Å². The van der Waals surface area contributed by atoms with E-state index >= 15 is 0 Å². The second kappa shape index (κ2) is 7.66. The second-order valence-corrected chi connectivity index (χ2v) is 8.44. The van der Waals surface area contributed by atoms with Crippen molar-refractivity contribution in [3.63, 3.8) is 0 Å². The summed E-state index contributed by atoms with van der Waals surface area (Å²) >= 11 is 2.96. The quantitative estimate of drug-likeness (QED) is 0.652. The van der Waals surface area contributed by atoms with Crippen LogP contribution in [0.15, 0.2) is 35.8 Å². The molecule has 2 aromatic heterocycles. The Labute approximate surface area is 165 Å². The smallest absolute Gasteiger partial charge is 0.266 e. The highest BCUT2D eigenvalue weighted by Gasteiger charge is 2.28. The number of carbonyl (C=O) groups is 1. The van der Waals surface area contributed by atoms with Gasteiger partial charge in [0.1, 0.15) is 16.5 Å². The van der Waals surface area contributed by atoms with Crippen molar-refractivity contribution < 1.29 is 14.3 Å². The van der Waals surface area contributed by atoms with Crippen molar-refractivity contribution in [1.82, 2.24) is 14.9 Å². The summed E-state index contributed by atoms with van der Waals surface area (Å²) in [4.78, 5) is 24.4. The van der Waals surface area contributed by atoms with Gasteiger partial charge in [-0.25, -0.2) is 9.97 Å². The summed E-state index contributed by atoms with van der Waals surface area (Å²) in [6.45, 7) is 5.04. The summed E-state index contributed by atoms with van der Waals surface area (Å²) in [5.41, 5.74) is 0.762. The van der Waals surface area contributed by atoms with Crippen molar-refractivity contribution in [3.8, 4) is 11.5 Å². The van der Waals surface area contributed by atoms with E-state index in [0.717, 1.165) is 21.5 Å². The first-order valence-corrected chi connectivity index (χ1v) is 10.3. The second-order valence-electron chi connectivity index (χ2n) is 6.26. The average molecular weight is 402 g/mol. The van der Waals surface area contributed by atoms with Crippen LogP contribution < -0.4 is 9.47 Å². The van der Waals surface area contributed by atoms with E-state index in [-0.39, 0.29) is 12.0 Å². The Bertz CT molecular complexity index is 940. The number of carbonyl (C=O) groups excluding carboxylic acids is 1. The van der Waals surface area contributed by atoms with Crippen LogP contribution in [0.2, 0.25) is 0 Å². The molecule has 8 heteroatoms. The minimum absolute atomic E-state index is 0.0456. The third-order valence-corrected chi connectivity index (χ3v) is 6.01. The number of rotatable bonds is 5. The zero-order valence-corrected chi connectivity index (χ0v) is 16.7. The first-order chi connectivity index (χ1) is 13.1. The van der Waals surface area contributed by atoms with Crippen molar-refractivity contribution in [1.29, 1.82) is 0 Å². The van der Waals surface area contributed by atoms with Crippen LogP contribution in [0.4, 0.5) is 0 Å². The molecule has 0 radical (unpaired) electrons. The summed E-state index contributed by atoms with van der Waals surface area (Å²) in [5.74, 6) is 1.40. The maximum absolute atomic E-state index is 13.2. The number of amides is 1. The van der Waals surface area contributed by atoms with Gasteiger partial charge in [0.05, 0.1) is 23.8 Å². The van der Waals surface area contributed by atoms with Gasteiger partial charge >= 0.3 is 0 Å². The lowest BCUT2D eigenvalue weighted by Gasteiger charge is -2.31. The molecule has 1 aliphatic rings. The maximum Gasteiger partial charge on any atom is 0.266 e. The van der Waals surface area contributed by atoms with Crippen LogP contribution in [0.3, 0.4) is 0 Å². The minimum atomic E-state index is -0.238. The van der Waals surface area contributed by atoms with Crippen LogP contribution in [-0.4, -0.2) is 40.0 Å². The zero-order valence-electron chi connectivity index (χ0n) is 15.0. The summed E-state index contributed by atoms with van der Waals surface area (Å²) in [5, 5.41) is 3.69. The van der Waals surface area contributed by atoms with Gasteiger partial charge in [-0.2, -0.15) is 0 Å². The zero-order chi connectivity index (χ0) is 18.8. The molecule has 1 aromatic carbocycles. The van der Waals surface area contributed by atoms with Gasteiger partial charge in [0.15, 0.2) is 17.6 Å². The summed E-state index contributed by atoms with van der Waals surface area (Å²) in [6, 6.07) is 7.58. The maximum atomic E-state index is 13.2. The summed E-state index contributed by atoms with van der Waals surface area (Å²) in [7, 11) is 0. The molecule has 0 saturated heterocycles. The molecule has 0 fully saturated rings. The van der Waals surface area contributed by atoms with Crippen LogP contribution in [0.5, 0.6) is 11.5 Å². The molecule has 0 aliphatic carbocycles. The molecule has 1 amide bonds. The van der Waals surface area contributed by atoms with E-state index in [9.17, 15) is 4.79 Å². The molecule has 1 atom stereocenters. The molecule has 1 unspecified atom stereocenters. The van der Waals surface area contributed by atoms with Gasteiger partial charge in [0, 0.05) is 11.6 Å². The number of thiazole rings is 2. The van der Waals surface area contributed by atoms with E-state index in [4.69, 9.17) is 9.47 Å². The van der Waals surface area contributed by atoms with Gasteiger partial charge in [-0.3, -0.25) is 4.79 Å². The normalized spacial score (nSPS) is 15.6. The van der Waals surface area contributed by atoms with Crippen LogP contribution in [0.25, 0.3) is 0 Å². The minimum Gasteiger partial charge on any atom is -0.486 e. The number of para-hydroxylation sites is 2. The number of aryl methyl sites for hydroxylation is 2. The first-order valence-electron chi connectivity index (χ1n) is 8.60. The van der Waals surface area contributed by atoms with Crippen molar-refractivity contribution in [2.24, 2.45) is 0 Å². The van der Waals surface area contributed by atoms with Crippen LogP contribution in [-0.2, 0) is 6.54 Å². The highest BCUT2D eigenvalue weighted by Crippen LogP contribution is 2.31. The molecule has 140 valence electrons. The Hall–Kier alpha value is -2.45. The summed E-state index contributed by atoms with van der Waals surface area (Å²) < 4.78 is 11.9. The molecule has 0 spiro atoms. The number of hydrogen-bond acceptors (Lipinski definition) is 7. The van der Waals surface area contributed by atoms with E-state index < -0.39 is 0 Å². The van der Waals surface area contributed by atoms with Crippen LogP contribution in [0, 0.1) is 13.8 Å². The van der Waals surface area contributed by atoms with Gasteiger partial charge in [-0.05, 0) is 26.0 Å². The molecule has 27 heavy (non-hydrogen) atoms. The van der Waals surface area contributed by atoms with Crippen LogP contribution in [0.1, 0.15) is 25.4 Å². The molecular formula is C19H19N3O3S2. The molecular weight excluding hydrogens is 382 g/mol. The SMILES string of the molecule is Cc1nc(C)c(C(=O)N(Cc2nccs2)CC2COc3ccccc3O2)s1. The van der Waals surface area contributed by atoms with Crippen molar-refractivity contribution in [3.05, 3.63) is 56.4 Å². The molecule has 0 N–H and O–H groups in total. The molecule has 6 nitrogen and oxygen atoms in total. The van der Waals surface area contributed by atoms with Gasteiger partial charge in [0.2, 0.25) is 0 Å². The third kappa shape index (κ3) is 3.96. The van der Waals surface area contributed by atoms with Gasteiger partial charge < -0.3 is 14.4 Å². The van der Waals surface area contributed by atoms with Crippen molar-refractivity contribution in [2.45, 2.75) is 26.5 Å². The fourth-order valence-electron chi connectivity index (χ4n) is 2.99. The standard InChI is InChI=1S/C19H19N3O3S2/c1-12-18(27-13(2)21-12)19(23)22(10-17-20-7-8-26-17)9-14-11-24-15-5-3-4-6-16(15)25-14/h3-8,14H,9-11H2,1-2H3. The Kier molecular flexibility index (Phi) is 5.09.